The first-order valence-corrected chi connectivity index (χ1v) is 8.96. The van der Waals surface area contributed by atoms with E-state index >= 15 is 0 Å². The number of carbonyl (C=O) groups excluding carboxylic acids is 2. The fraction of sp³-hybridized carbons (Fsp3) is 0.105. The van der Waals surface area contributed by atoms with Crippen molar-refractivity contribution in [1.82, 2.24) is 4.90 Å². The summed E-state index contributed by atoms with van der Waals surface area (Å²) in [6.07, 6.45) is 1.60. The Balaban J connectivity index is 1.75. The lowest BCUT2D eigenvalue weighted by atomic mass is 10.2. The molecule has 2 amide bonds. The van der Waals surface area contributed by atoms with Gasteiger partial charge >= 0.3 is 0 Å². The van der Waals surface area contributed by atoms with Gasteiger partial charge in [-0.05, 0) is 53.2 Å². The summed E-state index contributed by atoms with van der Waals surface area (Å²) < 4.78 is 18.3. The van der Waals surface area contributed by atoms with E-state index in [1.807, 2.05) is 6.07 Å². The molecule has 0 unspecified atom stereocenters. The minimum absolute atomic E-state index is 0.0257. The van der Waals surface area contributed by atoms with Gasteiger partial charge in [0.05, 0.1) is 11.4 Å². The van der Waals surface area contributed by atoms with Crippen LogP contribution in [-0.4, -0.2) is 22.7 Å². The van der Waals surface area contributed by atoms with E-state index in [4.69, 9.17) is 21.6 Å². The van der Waals surface area contributed by atoms with Crippen molar-refractivity contribution in [2.75, 3.05) is 6.61 Å². The van der Waals surface area contributed by atoms with Crippen LogP contribution in [-0.2, 0) is 11.3 Å². The number of ether oxygens (including phenoxy) is 1. The number of imide groups is 1. The highest BCUT2D eigenvalue weighted by molar-refractivity contribution is 8.18. The Kier molecular flexibility index (Phi) is 5.79. The maximum Gasteiger partial charge on any atom is 0.293 e. The zero-order valence-corrected chi connectivity index (χ0v) is 15.4. The largest absolute Gasteiger partial charge is 0.479 e. The Morgan fingerprint density at radius 1 is 1.22 bits per heavy atom. The molecule has 0 aromatic heterocycles. The van der Waals surface area contributed by atoms with Crippen LogP contribution in [0.4, 0.5) is 9.18 Å². The average Bonchev–Trinajstić information content (AvgIpc) is 2.90. The minimum atomic E-state index is -0.486. The molecule has 27 heavy (non-hydrogen) atoms. The van der Waals surface area contributed by atoms with Crippen molar-refractivity contribution in [2.24, 2.45) is 0 Å². The molecule has 2 aromatic carbocycles. The summed E-state index contributed by atoms with van der Waals surface area (Å²) in [6.45, 7) is -0.0771. The quantitative estimate of drug-likeness (QED) is 0.682. The van der Waals surface area contributed by atoms with Crippen molar-refractivity contribution in [3.8, 4) is 11.8 Å². The molecule has 0 radical (unpaired) electrons. The maximum absolute atomic E-state index is 13.1. The van der Waals surface area contributed by atoms with Crippen LogP contribution < -0.4 is 4.74 Å². The molecule has 0 bridgehead atoms. The molecule has 0 N–H and O–H groups in total. The molecule has 3 rings (SSSR count). The summed E-state index contributed by atoms with van der Waals surface area (Å²) in [5.41, 5.74) is 1.20. The molecular weight excluding hydrogens is 391 g/mol. The first-order chi connectivity index (χ1) is 13.0. The molecule has 1 aliphatic heterocycles. The molecule has 1 aliphatic rings. The summed E-state index contributed by atoms with van der Waals surface area (Å²) in [5, 5.41) is 8.24. The predicted molar refractivity (Wildman–Crippen MR) is 100 cm³/mol. The summed E-state index contributed by atoms with van der Waals surface area (Å²) in [5.74, 6) is -0.386. The summed E-state index contributed by atoms with van der Waals surface area (Å²) in [4.78, 5) is 26.1. The molecule has 5 nitrogen and oxygen atoms in total. The first-order valence-electron chi connectivity index (χ1n) is 7.77. The Hall–Kier alpha value is -2.82. The highest BCUT2D eigenvalue weighted by atomic mass is 35.5. The fourth-order valence-electron chi connectivity index (χ4n) is 2.38. The second-order valence-electron chi connectivity index (χ2n) is 5.52. The monoisotopic (exact) mass is 402 g/mol. The molecule has 8 heteroatoms. The Morgan fingerprint density at radius 3 is 2.63 bits per heavy atom. The van der Waals surface area contributed by atoms with E-state index < -0.39 is 17.0 Å². The van der Waals surface area contributed by atoms with E-state index in [0.717, 1.165) is 22.7 Å². The molecule has 0 atom stereocenters. The Bertz CT molecular complexity index is 970. The number of nitrogens with zero attached hydrogens (tertiary/aromatic N) is 2. The van der Waals surface area contributed by atoms with Crippen LogP contribution in [0.2, 0.25) is 5.02 Å². The van der Waals surface area contributed by atoms with Gasteiger partial charge in [0.2, 0.25) is 0 Å². The third-order valence-corrected chi connectivity index (χ3v) is 4.96. The van der Waals surface area contributed by atoms with Crippen LogP contribution in [0.25, 0.3) is 6.08 Å². The molecule has 136 valence electrons. The van der Waals surface area contributed by atoms with Gasteiger partial charge in [-0.2, -0.15) is 5.26 Å². The number of amides is 2. The van der Waals surface area contributed by atoms with Gasteiger partial charge in [0.25, 0.3) is 11.1 Å². The minimum Gasteiger partial charge on any atom is -0.479 e. The Morgan fingerprint density at radius 2 is 1.96 bits per heavy atom. The van der Waals surface area contributed by atoms with Gasteiger partial charge in [0.1, 0.15) is 17.6 Å². The van der Waals surface area contributed by atoms with Crippen molar-refractivity contribution < 1.29 is 18.7 Å². The van der Waals surface area contributed by atoms with E-state index in [1.54, 1.807) is 30.3 Å². The lowest BCUT2D eigenvalue weighted by molar-refractivity contribution is -0.123. The van der Waals surface area contributed by atoms with E-state index in [-0.39, 0.29) is 23.1 Å². The third kappa shape index (κ3) is 4.48. The SMILES string of the molecule is N#CCOc1ccc(/C=C2\SC(=O)N(Cc3ccc(F)cc3Cl)C2=O)cc1. The fourth-order valence-corrected chi connectivity index (χ4v) is 3.45. The summed E-state index contributed by atoms with van der Waals surface area (Å²) in [6, 6.07) is 12.5. The molecule has 0 saturated carbocycles. The second kappa shape index (κ2) is 8.25. The Labute approximate surface area is 164 Å². The van der Waals surface area contributed by atoms with Crippen molar-refractivity contribution >= 4 is 40.6 Å². The van der Waals surface area contributed by atoms with Gasteiger partial charge in [-0.3, -0.25) is 14.5 Å². The number of thioether (sulfide) groups is 1. The first kappa shape index (κ1) is 19.0. The number of hydrogen-bond acceptors (Lipinski definition) is 5. The number of nitriles is 1. The number of benzene rings is 2. The lowest BCUT2D eigenvalue weighted by Gasteiger charge is -2.13. The highest BCUT2D eigenvalue weighted by Gasteiger charge is 2.35. The topological polar surface area (TPSA) is 70.4 Å². The van der Waals surface area contributed by atoms with Crippen molar-refractivity contribution in [1.29, 1.82) is 5.26 Å². The van der Waals surface area contributed by atoms with Crippen LogP contribution in [0.15, 0.2) is 47.4 Å². The zero-order valence-electron chi connectivity index (χ0n) is 13.8. The van der Waals surface area contributed by atoms with Crippen LogP contribution in [0.1, 0.15) is 11.1 Å². The molecule has 1 saturated heterocycles. The van der Waals surface area contributed by atoms with Gasteiger partial charge in [-0.1, -0.05) is 29.8 Å². The standard InChI is InChI=1S/C19H12ClFN2O3S/c20-16-10-14(21)4-3-13(16)11-23-18(24)17(27-19(23)25)9-12-1-5-15(6-2-12)26-8-7-22/h1-6,9-10H,8,11H2/b17-9-. The zero-order chi connectivity index (χ0) is 19.4. The van der Waals surface area contributed by atoms with Crippen LogP contribution in [0.5, 0.6) is 5.75 Å². The van der Waals surface area contributed by atoms with Gasteiger partial charge in [-0.25, -0.2) is 4.39 Å². The molecule has 1 fully saturated rings. The van der Waals surface area contributed by atoms with Crippen LogP contribution in [0, 0.1) is 17.1 Å². The molecule has 2 aromatic rings. The summed E-state index contributed by atoms with van der Waals surface area (Å²) in [7, 11) is 0. The highest BCUT2D eigenvalue weighted by Crippen LogP contribution is 2.34. The van der Waals surface area contributed by atoms with Gasteiger partial charge in [0, 0.05) is 5.02 Å². The third-order valence-electron chi connectivity index (χ3n) is 3.70. The second-order valence-corrected chi connectivity index (χ2v) is 6.92. The molecule has 0 aliphatic carbocycles. The van der Waals surface area contributed by atoms with Gasteiger partial charge in [0.15, 0.2) is 6.61 Å². The lowest BCUT2D eigenvalue weighted by Crippen LogP contribution is -2.27. The van der Waals surface area contributed by atoms with Crippen LogP contribution in [0.3, 0.4) is 0 Å². The smallest absolute Gasteiger partial charge is 0.293 e. The van der Waals surface area contributed by atoms with Crippen molar-refractivity contribution in [3.05, 3.63) is 69.3 Å². The number of carbonyl (C=O) groups is 2. The maximum atomic E-state index is 13.1. The molecular formula is C19H12ClFN2O3S. The molecule has 0 spiro atoms. The number of halogens is 2. The van der Waals surface area contributed by atoms with E-state index in [0.29, 0.717) is 16.9 Å². The van der Waals surface area contributed by atoms with Crippen molar-refractivity contribution in [3.63, 3.8) is 0 Å². The van der Waals surface area contributed by atoms with E-state index in [9.17, 15) is 14.0 Å². The average molecular weight is 403 g/mol. The number of rotatable bonds is 5. The van der Waals surface area contributed by atoms with E-state index in [1.165, 1.54) is 12.1 Å². The summed E-state index contributed by atoms with van der Waals surface area (Å²) >= 11 is 6.81. The van der Waals surface area contributed by atoms with Crippen LogP contribution >= 0.6 is 23.4 Å². The normalized spacial score (nSPS) is 15.3. The molecule has 1 heterocycles. The van der Waals surface area contributed by atoms with Crippen molar-refractivity contribution in [2.45, 2.75) is 6.54 Å². The van der Waals surface area contributed by atoms with Gasteiger partial charge < -0.3 is 4.74 Å². The number of hydrogen-bond donors (Lipinski definition) is 0. The van der Waals surface area contributed by atoms with Gasteiger partial charge in [-0.15, -0.1) is 0 Å². The van der Waals surface area contributed by atoms with E-state index in [2.05, 4.69) is 0 Å². The predicted octanol–water partition coefficient (Wildman–Crippen LogP) is 4.62.